The molecule has 0 aliphatic carbocycles. The van der Waals surface area contributed by atoms with Gasteiger partial charge in [0.2, 0.25) is 0 Å². The maximum absolute atomic E-state index is 13.6. The van der Waals surface area contributed by atoms with Crippen LogP contribution >= 0.6 is 0 Å². The average Bonchev–Trinajstić information content (AvgIpc) is 4.04. The van der Waals surface area contributed by atoms with E-state index in [-0.39, 0.29) is 46.8 Å². The summed E-state index contributed by atoms with van der Waals surface area (Å²) >= 11 is 0. The zero-order valence-corrected chi connectivity index (χ0v) is 44.4. The Bertz CT molecular complexity index is 1910. The first-order valence-electron chi connectivity index (χ1n) is 21.9. The van der Waals surface area contributed by atoms with Crippen LogP contribution < -0.4 is 22.2 Å². The highest BCUT2D eigenvalue weighted by atomic mass is 28.5. The number of benzene rings is 1. The minimum absolute atomic E-state index is 0.177. The van der Waals surface area contributed by atoms with Gasteiger partial charge in [-0.15, -0.1) is 0 Å². The lowest BCUT2D eigenvalue weighted by Crippen LogP contribution is -2.52. The fourth-order valence-corrected chi connectivity index (χ4v) is 36.7. The normalized spacial score (nSPS) is 18.0. The Morgan fingerprint density at radius 3 is 1.02 bits per heavy atom. The number of epoxide rings is 2. The standard InChI is InChI=1S/C40H72N2O12Si6/c1-55(2,51-59(9,10)53-57(5,6)23-15-19-47-27-31-29-49-31)21-13-17-41-37(43)33-25-35-36(26-34(33)38(41)44)40(46)42(39(35)45)18-14-22-56(3,4)52-60(11,12)54-58(7,8)24-16-20-48-28-32-30-50-32/h25-26,31-32H,13-24,27-30H2,1-12H3. The lowest BCUT2D eigenvalue weighted by Gasteiger charge is -2.39. The quantitative estimate of drug-likeness (QED) is 0.0438. The van der Waals surface area contributed by atoms with Crippen molar-refractivity contribution in [3.63, 3.8) is 0 Å². The summed E-state index contributed by atoms with van der Waals surface area (Å²) < 4.78 is 51.3. The van der Waals surface area contributed by atoms with Gasteiger partial charge >= 0.3 is 17.1 Å². The zero-order chi connectivity index (χ0) is 44.3. The van der Waals surface area contributed by atoms with E-state index < -0.39 is 72.6 Å². The molecule has 0 radical (unpaired) electrons. The highest BCUT2D eigenvalue weighted by Gasteiger charge is 2.41. The van der Waals surface area contributed by atoms with Gasteiger partial charge in [0.1, 0.15) is 12.2 Å². The molecule has 3 aromatic rings. The molecule has 20 heteroatoms. The van der Waals surface area contributed by atoms with Crippen molar-refractivity contribution >= 4 is 71.9 Å². The molecule has 0 saturated carbocycles. The van der Waals surface area contributed by atoms with E-state index in [0.717, 1.165) is 50.2 Å². The molecule has 60 heavy (non-hydrogen) atoms. The number of aromatic nitrogens is 2. The van der Waals surface area contributed by atoms with Crippen LogP contribution in [0.3, 0.4) is 0 Å². The van der Waals surface area contributed by atoms with E-state index in [1.165, 1.54) is 21.3 Å². The second kappa shape index (κ2) is 19.7. The van der Waals surface area contributed by atoms with Crippen LogP contribution in [-0.4, -0.2) is 111 Å². The largest absolute Gasteiger partial charge is 0.437 e. The third-order valence-corrected chi connectivity index (χ3v) is 34.0. The summed E-state index contributed by atoms with van der Waals surface area (Å²) in [6.45, 7) is 30.8. The van der Waals surface area contributed by atoms with Gasteiger partial charge in [-0.3, -0.25) is 28.3 Å². The first-order valence-corrected chi connectivity index (χ1v) is 40.0. The molecular weight excluding hydrogens is 869 g/mol. The number of rotatable bonds is 28. The van der Waals surface area contributed by atoms with Gasteiger partial charge in [-0.1, -0.05) is 0 Å². The molecular formula is C40H72N2O12Si6. The van der Waals surface area contributed by atoms with E-state index in [2.05, 4.69) is 78.6 Å². The number of ether oxygens (including phenoxy) is 4. The second-order valence-electron chi connectivity index (χ2n) is 20.2. The van der Waals surface area contributed by atoms with Gasteiger partial charge in [-0.05, 0) is 141 Å². The third kappa shape index (κ3) is 14.8. The van der Waals surface area contributed by atoms with Crippen molar-refractivity contribution in [1.29, 1.82) is 0 Å². The first kappa shape index (κ1) is 49.5. The highest BCUT2D eigenvalue weighted by Crippen LogP contribution is 2.28. The molecule has 2 atom stereocenters. The van der Waals surface area contributed by atoms with Gasteiger partial charge in [0.05, 0.1) is 48.0 Å². The van der Waals surface area contributed by atoms with Crippen LogP contribution in [0.15, 0.2) is 31.3 Å². The van der Waals surface area contributed by atoms with Crippen LogP contribution in [0.25, 0.3) is 21.5 Å². The van der Waals surface area contributed by atoms with Gasteiger partial charge in [0.25, 0.3) is 22.2 Å². The second-order valence-corrected chi connectivity index (χ2v) is 45.1. The summed E-state index contributed by atoms with van der Waals surface area (Å²) in [6.07, 6.45) is 3.62. The van der Waals surface area contributed by atoms with Gasteiger partial charge in [0.15, 0.2) is 33.3 Å². The Kier molecular flexibility index (Phi) is 16.3. The topological polar surface area (TPSA) is 159 Å². The smallest absolute Gasteiger partial charge is 0.311 e. The lowest BCUT2D eigenvalue weighted by atomic mass is 10.1. The van der Waals surface area contributed by atoms with Crippen molar-refractivity contribution in [2.45, 2.75) is 154 Å². The Labute approximate surface area is 361 Å². The molecule has 2 saturated heterocycles. The molecule has 338 valence electrons. The van der Waals surface area contributed by atoms with E-state index >= 15 is 0 Å². The molecule has 5 rings (SSSR count). The molecule has 0 amide bonds. The van der Waals surface area contributed by atoms with E-state index in [9.17, 15) is 19.2 Å². The summed E-state index contributed by atoms with van der Waals surface area (Å²) in [5, 5.41) is 0.707. The summed E-state index contributed by atoms with van der Waals surface area (Å²) in [7, 11) is -13.3. The van der Waals surface area contributed by atoms with Gasteiger partial charge < -0.3 is 35.4 Å². The van der Waals surface area contributed by atoms with E-state index in [4.69, 9.17) is 35.4 Å². The number of nitrogens with zero attached hydrogens (tertiary/aromatic N) is 2. The fourth-order valence-electron chi connectivity index (χ4n) is 8.67. The molecule has 0 spiro atoms. The van der Waals surface area contributed by atoms with Crippen LogP contribution in [-0.2, 0) is 48.5 Å². The molecule has 14 nitrogen and oxygen atoms in total. The Hall–Kier alpha value is -1.52. The van der Waals surface area contributed by atoms with E-state index in [0.29, 0.717) is 39.3 Å². The number of hydrogen-bond acceptors (Lipinski definition) is 12. The molecule has 2 aliphatic rings. The number of hydrogen-bond donors (Lipinski definition) is 0. The maximum Gasteiger partial charge on any atom is 0.311 e. The van der Waals surface area contributed by atoms with Crippen molar-refractivity contribution in [2.75, 3.05) is 39.6 Å². The minimum Gasteiger partial charge on any atom is -0.437 e. The van der Waals surface area contributed by atoms with Crippen LogP contribution in [0.4, 0.5) is 0 Å². The van der Waals surface area contributed by atoms with Crippen LogP contribution in [0.1, 0.15) is 25.7 Å². The molecule has 1 aromatic carbocycles. The van der Waals surface area contributed by atoms with Crippen molar-refractivity contribution in [1.82, 2.24) is 9.13 Å². The summed E-state index contributed by atoms with van der Waals surface area (Å²) in [6, 6.07) is 6.35. The predicted molar refractivity (Wildman–Crippen MR) is 253 cm³/mol. The lowest BCUT2D eigenvalue weighted by molar-refractivity contribution is 0.116. The molecule has 2 unspecified atom stereocenters. The summed E-state index contributed by atoms with van der Waals surface area (Å²) in [5.74, 6) is 0. The Morgan fingerprint density at radius 2 is 0.750 bits per heavy atom. The molecule has 2 fully saturated rings. The van der Waals surface area contributed by atoms with Crippen molar-refractivity contribution < 1.29 is 35.4 Å². The van der Waals surface area contributed by atoms with Gasteiger partial charge in [-0.2, -0.15) is 0 Å². The molecule has 2 aliphatic heterocycles. The Morgan fingerprint density at radius 1 is 0.483 bits per heavy atom. The van der Waals surface area contributed by atoms with Gasteiger partial charge in [0, 0.05) is 26.3 Å². The maximum atomic E-state index is 13.6. The molecule has 0 bridgehead atoms. The summed E-state index contributed by atoms with van der Waals surface area (Å²) in [4.78, 5) is 54.4. The van der Waals surface area contributed by atoms with Crippen molar-refractivity contribution in [3.8, 4) is 0 Å². The zero-order valence-electron chi connectivity index (χ0n) is 38.4. The van der Waals surface area contributed by atoms with Crippen molar-refractivity contribution in [3.05, 3.63) is 53.5 Å². The van der Waals surface area contributed by atoms with Crippen LogP contribution in [0, 0.1) is 0 Å². The average molecular weight is 942 g/mol. The van der Waals surface area contributed by atoms with Crippen LogP contribution in [0.2, 0.25) is 103 Å². The highest BCUT2D eigenvalue weighted by molar-refractivity contribution is 6.88. The SMILES string of the molecule is C[Si](C)(CCCOCC1CO1)O[Si](C)(C)O[Si](C)(C)CCCn1c(=O)c2cc3c(=O)n(CCC[Si](C)(C)O[Si](C)(C)O[Si](C)(C)CCCOCC4CO4)c(=O)c3cc2c1=O. The minimum atomic E-state index is -2.45. The van der Waals surface area contributed by atoms with Crippen LogP contribution in [0.5, 0.6) is 0 Å². The number of fused-ring (bicyclic) bond motifs is 2. The van der Waals surface area contributed by atoms with Gasteiger partial charge in [-0.25, -0.2) is 0 Å². The van der Waals surface area contributed by atoms with E-state index in [1.54, 1.807) is 0 Å². The molecule has 0 N–H and O–H groups in total. The first-order chi connectivity index (χ1) is 27.8. The fraction of sp³-hybridized carbons (Fsp3) is 0.750. The molecule has 2 aromatic heterocycles. The third-order valence-electron chi connectivity index (χ3n) is 11.0. The molecule has 4 heterocycles. The van der Waals surface area contributed by atoms with Crippen molar-refractivity contribution in [2.24, 2.45) is 0 Å². The predicted octanol–water partition coefficient (Wildman–Crippen LogP) is 6.59. The Balaban J connectivity index is 1.13. The van der Waals surface area contributed by atoms with E-state index in [1.807, 2.05) is 0 Å². The summed E-state index contributed by atoms with van der Waals surface area (Å²) in [5.41, 5.74) is -1.73. The monoisotopic (exact) mass is 940 g/mol.